The van der Waals surface area contributed by atoms with Crippen molar-refractivity contribution in [1.82, 2.24) is 14.9 Å². The summed E-state index contributed by atoms with van der Waals surface area (Å²) in [6.07, 6.45) is 4.17. The smallest absolute Gasteiger partial charge is 0.0486 e. The quantitative estimate of drug-likeness (QED) is 0.802. The highest BCUT2D eigenvalue weighted by Crippen LogP contribution is 2.29. The van der Waals surface area contributed by atoms with Crippen molar-refractivity contribution in [3.8, 4) is 0 Å². The van der Waals surface area contributed by atoms with E-state index in [0.29, 0.717) is 0 Å². The van der Waals surface area contributed by atoms with E-state index in [9.17, 15) is 0 Å². The number of pyridine rings is 1. The third-order valence-corrected chi connectivity index (χ3v) is 4.88. The van der Waals surface area contributed by atoms with Crippen LogP contribution in [-0.2, 0) is 25.9 Å². The van der Waals surface area contributed by atoms with Gasteiger partial charge in [-0.15, -0.1) is 0 Å². The second-order valence-electron chi connectivity index (χ2n) is 6.58. The number of fused-ring (bicyclic) bond motifs is 3. The Balaban J connectivity index is 1.72. The molecule has 1 aliphatic heterocycles. The summed E-state index contributed by atoms with van der Waals surface area (Å²) in [4.78, 5) is 4.42. The minimum absolute atomic E-state index is 0.994. The van der Waals surface area contributed by atoms with E-state index in [1.165, 1.54) is 33.3 Å². The summed E-state index contributed by atoms with van der Waals surface area (Å²) in [6, 6.07) is 11.2. The fraction of sp³-hybridized carbons (Fsp3) is 0.350. The molecule has 0 aliphatic carbocycles. The first-order chi connectivity index (χ1) is 11.2. The van der Waals surface area contributed by atoms with E-state index in [1.54, 1.807) is 0 Å². The van der Waals surface area contributed by atoms with E-state index in [2.05, 4.69) is 52.1 Å². The van der Waals surface area contributed by atoms with Crippen molar-refractivity contribution < 1.29 is 0 Å². The summed E-state index contributed by atoms with van der Waals surface area (Å²) in [7, 11) is 0. The largest absolute Gasteiger partial charge is 0.344 e. The predicted octanol–water partition coefficient (Wildman–Crippen LogP) is 3.54. The Bertz CT molecular complexity index is 843. The number of hydrogen-bond donors (Lipinski definition) is 1. The van der Waals surface area contributed by atoms with Crippen molar-refractivity contribution in [2.24, 2.45) is 0 Å². The molecule has 4 rings (SSSR count). The monoisotopic (exact) mass is 305 g/mol. The molecular weight excluding hydrogens is 282 g/mol. The molecule has 0 radical (unpaired) electrons. The van der Waals surface area contributed by atoms with Crippen molar-refractivity contribution >= 4 is 10.9 Å². The number of aryl methyl sites for hydroxylation is 4. The van der Waals surface area contributed by atoms with Crippen molar-refractivity contribution in [3.63, 3.8) is 0 Å². The van der Waals surface area contributed by atoms with Crippen LogP contribution in [0.3, 0.4) is 0 Å². The van der Waals surface area contributed by atoms with Crippen LogP contribution < -0.4 is 5.32 Å². The van der Waals surface area contributed by atoms with Gasteiger partial charge >= 0.3 is 0 Å². The standard InChI is InChI=1S/C20H23N3/c1-14-3-6-19-17(11-14)18-13-21-9-7-20(18)23(19)10-8-16-5-4-15(2)22-12-16/h3-6,11-12,21H,7-10,13H2,1-2H3. The summed E-state index contributed by atoms with van der Waals surface area (Å²) in [5, 5.41) is 4.95. The van der Waals surface area contributed by atoms with E-state index in [1.807, 2.05) is 13.1 Å². The first-order valence-electron chi connectivity index (χ1n) is 8.45. The Labute approximate surface area is 137 Å². The number of benzene rings is 1. The third kappa shape index (κ3) is 2.66. The van der Waals surface area contributed by atoms with Crippen LogP contribution in [0.25, 0.3) is 10.9 Å². The van der Waals surface area contributed by atoms with Crippen LogP contribution in [0, 0.1) is 13.8 Å². The molecule has 3 heteroatoms. The molecule has 0 bridgehead atoms. The highest BCUT2D eigenvalue weighted by molar-refractivity contribution is 5.86. The van der Waals surface area contributed by atoms with Gasteiger partial charge in [0.2, 0.25) is 0 Å². The van der Waals surface area contributed by atoms with E-state index in [0.717, 1.165) is 38.2 Å². The third-order valence-electron chi connectivity index (χ3n) is 4.88. The number of rotatable bonds is 3. The highest BCUT2D eigenvalue weighted by Gasteiger charge is 2.19. The molecule has 23 heavy (non-hydrogen) atoms. The molecule has 3 nitrogen and oxygen atoms in total. The molecule has 1 aromatic carbocycles. The molecule has 3 heterocycles. The summed E-state index contributed by atoms with van der Waals surface area (Å²) >= 11 is 0. The average molecular weight is 305 g/mol. The van der Waals surface area contributed by atoms with Gasteiger partial charge in [0.15, 0.2) is 0 Å². The molecule has 1 aliphatic rings. The molecule has 0 unspecified atom stereocenters. The molecule has 0 fully saturated rings. The lowest BCUT2D eigenvalue weighted by atomic mass is 10.0. The molecule has 118 valence electrons. The van der Waals surface area contributed by atoms with Crippen molar-refractivity contribution in [1.29, 1.82) is 0 Å². The Morgan fingerprint density at radius 1 is 1.17 bits per heavy atom. The molecule has 0 spiro atoms. The maximum Gasteiger partial charge on any atom is 0.0486 e. The van der Waals surface area contributed by atoms with Gasteiger partial charge in [0, 0.05) is 54.5 Å². The molecule has 0 amide bonds. The van der Waals surface area contributed by atoms with Crippen molar-refractivity contribution in [2.45, 2.75) is 39.8 Å². The average Bonchev–Trinajstić information content (AvgIpc) is 2.88. The molecule has 1 N–H and O–H groups in total. The second-order valence-corrected chi connectivity index (χ2v) is 6.58. The van der Waals surface area contributed by atoms with Crippen molar-refractivity contribution in [3.05, 3.63) is 64.6 Å². The first-order valence-corrected chi connectivity index (χ1v) is 8.45. The van der Waals surface area contributed by atoms with Crippen LogP contribution in [0.5, 0.6) is 0 Å². The minimum atomic E-state index is 0.994. The van der Waals surface area contributed by atoms with E-state index in [4.69, 9.17) is 0 Å². The van der Waals surface area contributed by atoms with Crippen LogP contribution >= 0.6 is 0 Å². The molecule has 2 aromatic heterocycles. The fourth-order valence-electron chi connectivity index (χ4n) is 3.64. The SMILES string of the molecule is Cc1ccc2c(c1)c1c(n2CCc2ccc(C)nc2)CCNC1. The van der Waals surface area contributed by atoms with Gasteiger partial charge in [0.1, 0.15) is 0 Å². The highest BCUT2D eigenvalue weighted by atomic mass is 15.0. The normalized spacial score (nSPS) is 14.2. The van der Waals surface area contributed by atoms with Gasteiger partial charge in [0.25, 0.3) is 0 Å². The lowest BCUT2D eigenvalue weighted by Crippen LogP contribution is -2.24. The van der Waals surface area contributed by atoms with Crippen LogP contribution in [-0.4, -0.2) is 16.1 Å². The minimum Gasteiger partial charge on any atom is -0.344 e. The maximum atomic E-state index is 4.42. The summed E-state index contributed by atoms with van der Waals surface area (Å²) < 4.78 is 2.53. The van der Waals surface area contributed by atoms with Gasteiger partial charge in [-0.05, 0) is 49.6 Å². The molecule has 0 saturated heterocycles. The Hall–Kier alpha value is -2.13. The fourth-order valence-corrected chi connectivity index (χ4v) is 3.64. The van der Waals surface area contributed by atoms with Gasteiger partial charge in [0.05, 0.1) is 0 Å². The zero-order chi connectivity index (χ0) is 15.8. The molecule has 0 saturated carbocycles. The number of nitrogens with zero attached hydrogens (tertiary/aromatic N) is 2. The zero-order valence-electron chi connectivity index (χ0n) is 13.9. The Morgan fingerprint density at radius 2 is 2.09 bits per heavy atom. The van der Waals surface area contributed by atoms with E-state index >= 15 is 0 Å². The lowest BCUT2D eigenvalue weighted by Gasteiger charge is -2.17. The number of aromatic nitrogens is 2. The van der Waals surface area contributed by atoms with Crippen LogP contribution in [0.2, 0.25) is 0 Å². The first kappa shape index (κ1) is 14.5. The number of nitrogens with one attached hydrogen (secondary N) is 1. The zero-order valence-corrected chi connectivity index (χ0v) is 13.9. The van der Waals surface area contributed by atoms with Gasteiger partial charge in [-0.2, -0.15) is 0 Å². The Kier molecular flexibility index (Phi) is 3.66. The summed E-state index contributed by atoms with van der Waals surface area (Å²) in [6.45, 7) is 7.31. The lowest BCUT2D eigenvalue weighted by molar-refractivity contribution is 0.594. The van der Waals surface area contributed by atoms with Gasteiger partial charge in [-0.1, -0.05) is 17.7 Å². The topological polar surface area (TPSA) is 29.9 Å². The summed E-state index contributed by atoms with van der Waals surface area (Å²) in [5.74, 6) is 0. The summed E-state index contributed by atoms with van der Waals surface area (Å²) in [5.41, 5.74) is 8.13. The maximum absolute atomic E-state index is 4.42. The van der Waals surface area contributed by atoms with Crippen LogP contribution in [0.15, 0.2) is 36.5 Å². The van der Waals surface area contributed by atoms with E-state index < -0.39 is 0 Å². The van der Waals surface area contributed by atoms with Gasteiger partial charge < -0.3 is 9.88 Å². The number of hydrogen-bond acceptors (Lipinski definition) is 2. The van der Waals surface area contributed by atoms with Crippen molar-refractivity contribution in [2.75, 3.05) is 6.54 Å². The predicted molar refractivity (Wildman–Crippen MR) is 94.8 cm³/mol. The molecular formula is C20H23N3. The van der Waals surface area contributed by atoms with E-state index in [-0.39, 0.29) is 0 Å². The van der Waals surface area contributed by atoms with Crippen LogP contribution in [0.1, 0.15) is 28.1 Å². The second kappa shape index (κ2) is 5.82. The molecule has 0 atom stereocenters. The van der Waals surface area contributed by atoms with Crippen LogP contribution in [0.4, 0.5) is 0 Å². The van der Waals surface area contributed by atoms with Gasteiger partial charge in [-0.3, -0.25) is 4.98 Å². The molecule has 3 aromatic rings. The Morgan fingerprint density at radius 3 is 2.91 bits per heavy atom. The van der Waals surface area contributed by atoms with Gasteiger partial charge in [-0.25, -0.2) is 0 Å².